The molecule has 0 radical (unpaired) electrons. The molecule has 0 spiro atoms. The van der Waals surface area contributed by atoms with Crippen molar-refractivity contribution in [2.45, 2.75) is 39.2 Å². The third-order valence-corrected chi connectivity index (χ3v) is 4.72. The summed E-state index contributed by atoms with van der Waals surface area (Å²) in [5, 5.41) is 8.50. The quantitative estimate of drug-likeness (QED) is 0.575. The Hall–Kier alpha value is -3.00. The lowest BCUT2D eigenvalue weighted by atomic mass is 10.1. The lowest BCUT2D eigenvalue weighted by Crippen LogP contribution is -2.41. The number of aromatic nitrogens is 4. The lowest BCUT2D eigenvalue weighted by molar-refractivity contribution is -0.121. The number of fused-ring (bicyclic) bond motifs is 1. The second kappa shape index (κ2) is 7.93. The minimum absolute atomic E-state index is 0.0251. The van der Waals surface area contributed by atoms with Crippen LogP contribution < -0.4 is 16.8 Å². The van der Waals surface area contributed by atoms with Crippen molar-refractivity contribution >= 4 is 22.8 Å². The molecule has 0 fully saturated rings. The molecule has 5 N–H and O–H groups in total. The highest BCUT2D eigenvalue weighted by Crippen LogP contribution is 2.32. The highest BCUT2D eigenvalue weighted by atomic mass is 16.1. The van der Waals surface area contributed by atoms with E-state index in [0.29, 0.717) is 42.8 Å². The van der Waals surface area contributed by atoms with E-state index in [0.717, 1.165) is 16.8 Å². The Labute approximate surface area is 164 Å². The number of hydrogen-bond acceptors (Lipinski definition) is 6. The van der Waals surface area contributed by atoms with E-state index in [1.807, 2.05) is 49.7 Å². The van der Waals surface area contributed by atoms with Gasteiger partial charge in [0.1, 0.15) is 17.8 Å². The van der Waals surface area contributed by atoms with Crippen molar-refractivity contribution in [2.24, 2.45) is 5.73 Å². The summed E-state index contributed by atoms with van der Waals surface area (Å²) >= 11 is 0. The van der Waals surface area contributed by atoms with E-state index in [4.69, 9.17) is 16.6 Å². The number of nitrogen functional groups attached to an aromatic ring is 1. The summed E-state index contributed by atoms with van der Waals surface area (Å²) in [6.45, 7) is 6.94. The van der Waals surface area contributed by atoms with E-state index in [2.05, 4.69) is 15.3 Å². The Morgan fingerprint density at radius 3 is 2.61 bits per heavy atom. The van der Waals surface area contributed by atoms with Crippen LogP contribution in [-0.2, 0) is 10.3 Å². The highest BCUT2D eigenvalue weighted by Gasteiger charge is 2.28. The molecule has 0 aliphatic heterocycles. The van der Waals surface area contributed by atoms with Gasteiger partial charge in [-0.15, -0.1) is 0 Å². The average molecular weight is 381 g/mol. The molecular formula is C20H27N7O. The summed E-state index contributed by atoms with van der Waals surface area (Å²) in [5.74, 6) is 0.359. The van der Waals surface area contributed by atoms with Crippen molar-refractivity contribution in [3.8, 4) is 11.3 Å². The van der Waals surface area contributed by atoms with Crippen LogP contribution in [-0.4, -0.2) is 38.7 Å². The van der Waals surface area contributed by atoms with E-state index in [1.54, 1.807) is 0 Å². The SMILES string of the molecule is Cc1ccc(-c2nn(C(C)(C)CNC(=O)CCCN)c3ncnc(N)c23)cc1. The molecule has 0 atom stereocenters. The van der Waals surface area contributed by atoms with Gasteiger partial charge in [-0.05, 0) is 33.7 Å². The largest absolute Gasteiger partial charge is 0.383 e. The number of aryl methyl sites for hydroxylation is 1. The fourth-order valence-electron chi connectivity index (χ4n) is 3.05. The number of amides is 1. The zero-order chi connectivity index (χ0) is 20.3. The van der Waals surface area contributed by atoms with Gasteiger partial charge in [0, 0.05) is 18.5 Å². The van der Waals surface area contributed by atoms with Gasteiger partial charge in [0.25, 0.3) is 0 Å². The summed E-state index contributed by atoms with van der Waals surface area (Å²) in [6, 6.07) is 8.08. The van der Waals surface area contributed by atoms with Crippen molar-refractivity contribution < 1.29 is 4.79 Å². The number of rotatable bonds is 7. The molecule has 3 aromatic rings. The van der Waals surface area contributed by atoms with E-state index in [9.17, 15) is 4.79 Å². The van der Waals surface area contributed by atoms with E-state index < -0.39 is 5.54 Å². The first kappa shape index (κ1) is 19.8. The highest BCUT2D eigenvalue weighted by molar-refractivity contribution is 5.98. The molecule has 2 heterocycles. The van der Waals surface area contributed by atoms with Crippen LogP contribution in [0.4, 0.5) is 5.82 Å². The predicted molar refractivity (Wildman–Crippen MR) is 111 cm³/mol. The normalized spacial score (nSPS) is 11.7. The molecule has 28 heavy (non-hydrogen) atoms. The summed E-state index contributed by atoms with van der Waals surface area (Å²) in [5.41, 5.74) is 14.6. The predicted octanol–water partition coefficient (Wildman–Crippen LogP) is 1.97. The van der Waals surface area contributed by atoms with Crippen LogP contribution in [0.25, 0.3) is 22.3 Å². The van der Waals surface area contributed by atoms with Gasteiger partial charge < -0.3 is 16.8 Å². The average Bonchev–Trinajstić information content (AvgIpc) is 3.07. The van der Waals surface area contributed by atoms with Gasteiger partial charge in [0.05, 0.1) is 10.9 Å². The van der Waals surface area contributed by atoms with E-state index in [-0.39, 0.29) is 5.91 Å². The van der Waals surface area contributed by atoms with Crippen LogP contribution in [0.15, 0.2) is 30.6 Å². The van der Waals surface area contributed by atoms with E-state index >= 15 is 0 Å². The number of hydrogen-bond donors (Lipinski definition) is 3. The topological polar surface area (TPSA) is 125 Å². The Morgan fingerprint density at radius 1 is 1.21 bits per heavy atom. The first-order chi connectivity index (χ1) is 13.3. The van der Waals surface area contributed by atoms with Gasteiger partial charge >= 0.3 is 0 Å². The molecule has 2 aromatic heterocycles. The summed E-state index contributed by atoms with van der Waals surface area (Å²) in [7, 11) is 0. The Bertz CT molecular complexity index is 976. The molecule has 0 aliphatic carbocycles. The number of carbonyl (C=O) groups is 1. The number of carbonyl (C=O) groups excluding carboxylic acids is 1. The first-order valence-electron chi connectivity index (χ1n) is 9.37. The van der Waals surface area contributed by atoms with Gasteiger partial charge in [0.2, 0.25) is 5.91 Å². The summed E-state index contributed by atoms with van der Waals surface area (Å²) in [4.78, 5) is 20.6. The van der Waals surface area contributed by atoms with Crippen LogP contribution in [0, 0.1) is 6.92 Å². The van der Waals surface area contributed by atoms with Crippen molar-refractivity contribution in [3.63, 3.8) is 0 Å². The minimum atomic E-state index is -0.514. The molecule has 3 rings (SSSR count). The van der Waals surface area contributed by atoms with Gasteiger partial charge in [-0.1, -0.05) is 29.8 Å². The zero-order valence-electron chi connectivity index (χ0n) is 16.6. The van der Waals surface area contributed by atoms with Crippen LogP contribution in [0.1, 0.15) is 32.3 Å². The lowest BCUT2D eigenvalue weighted by Gasteiger charge is -2.26. The molecule has 148 valence electrons. The minimum Gasteiger partial charge on any atom is -0.383 e. The van der Waals surface area contributed by atoms with Crippen molar-refractivity contribution in [1.29, 1.82) is 0 Å². The standard InChI is InChI=1S/C20H27N7O/c1-13-6-8-14(9-7-13)17-16-18(22)24-12-25-19(16)27(26-17)20(2,3)11-23-15(28)5-4-10-21/h6-9,12H,4-5,10-11,21H2,1-3H3,(H,23,28)(H2,22,24,25). The number of nitrogens with two attached hydrogens (primary N) is 2. The summed E-state index contributed by atoms with van der Waals surface area (Å²) < 4.78 is 1.82. The second-order valence-electron chi connectivity index (χ2n) is 7.57. The Morgan fingerprint density at radius 2 is 1.93 bits per heavy atom. The molecule has 0 bridgehead atoms. The second-order valence-corrected chi connectivity index (χ2v) is 7.57. The number of nitrogens with zero attached hydrogens (tertiary/aromatic N) is 4. The monoisotopic (exact) mass is 381 g/mol. The molecule has 0 saturated heterocycles. The number of nitrogens with one attached hydrogen (secondary N) is 1. The fourth-order valence-corrected chi connectivity index (χ4v) is 3.05. The fraction of sp³-hybridized carbons (Fsp3) is 0.400. The van der Waals surface area contributed by atoms with Crippen molar-refractivity contribution in [2.75, 3.05) is 18.8 Å². The number of anilines is 1. The van der Waals surface area contributed by atoms with Gasteiger partial charge in [-0.2, -0.15) is 5.10 Å². The Kier molecular flexibility index (Phi) is 5.60. The molecule has 1 aromatic carbocycles. The van der Waals surface area contributed by atoms with E-state index in [1.165, 1.54) is 6.33 Å². The molecular weight excluding hydrogens is 354 g/mol. The molecule has 8 heteroatoms. The van der Waals surface area contributed by atoms with Crippen molar-refractivity contribution in [3.05, 3.63) is 36.2 Å². The van der Waals surface area contributed by atoms with Crippen LogP contribution in [0.5, 0.6) is 0 Å². The van der Waals surface area contributed by atoms with Crippen LogP contribution in [0.3, 0.4) is 0 Å². The molecule has 0 saturated carbocycles. The maximum Gasteiger partial charge on any atom is 0.220 e. The maximum atomic E-state index is 12.0. The third kappa shape index (κ3) is 3.96. The van der Waals surface area contributed by atoms with Crippen LogP contribution in [0.2, 0.25) is 0 Å². The van der Waals surface area contributed by atoms with Gasteiger partial charge in [-0.25, -0.2) is 14.6 Å². The smallest absolute Gasteiger partial charge is 0.220 e. The summed E-state index contributed by atoms with van der Waals surface area (Å²) in [6.07, 6.45) is 2.51. The first-order valence-corrected chi connectivity index (χ1v) is 9.37. The Balaban J connectivity index is 2.00. The maximum absolute atomic E-state index is 12.0. The molecule has 0 aliphatic rings. The van der Waals surface area contributed by atoms with Gasteiger partial charge in [-0.3, -0.25) is 4.79 Å². The molecule has 1 amide bonds. The van der Waals surface area contributed by atoms with Crippen molar-refractivity contribution in [1.82, 2.24) is 25.1 Å². The van der Waals surface area contributed by atoms with Gasteiger partial charge in [0.15, 0.2) is 5.65 Å². The van der Waals surface area contributed by atoms with Crippen LogP contribution >= 0.6 is 0 Å². The number of benzene rings is 1. The molecule has 8 nitrogen and oxygen atoms in total. The molecule has 0 unspecified atom stereocenters. The zero-order valence-corrected chi connectivity index (χ0v) is 16.6. The third-order valence-electron chi connectivity index (χ3n) is 4.72.